The topological polar surface area (TPSA) is 52.5 Å². The van der Waals surface area contributed by atoms with Gasteiger partial charge in [0.15, 0.2) is 0 Å². The van der Waals surface area contributed by atoms with Crippen LogP contribution in [0.15, 0.2) is 54.9 Å². The van der Waals surface area contributed by atoms with Crippen molar-refractivity contribution in [3.05, 3.63) is 66.0 Å². The third-order valence-electron chi connectivity index (χ3n) is 5.73. The minimum Gasteiger partial charge on any atom is -0.489 e. The molecule has 1 aliphatic carbocycles. The fourth-order valence-corrected chi connectivity index (χ4v) is 4.08. The molecule has 1 fully saturated rings. The van der Waals surface area contributed by atoms with Gasteiger partial charge in [-0.2, -0.15) is 5.10 Å². The van der Waals surface area contributed by atoms with Crippen molar-refractivity contribution in [1.82, 2.24) is 9.61 Å². The van der Waals surface area contributed by atoms with Gasteiger partial charge in [0.1, 0.15) is 12.4 Å². The second kappa shape index (κ2) is 8.77. The SMILES string of the molecule is C[C@H](N)[C@H]1CC[C@H](c2cnn3ccc(OCc4ccccc4)cc23)CC1.Cl. The molecule has 0 spiro atoms. The van der Waals surface area contributed by atoms with Crippen LogP contribution in [0.5, 0.6) is 5.75 Å². The summed E-state index contributed by atoms with van der Waals surface area (Å²) < 4.78 is 7.96. The smallest absolute Gasteiger partial charge is 0.123 e. The number of hydrogen-bond acceptors (Lipinski definition) is 3. The van der Waals surface area contributed by atoms with Gasteiger partial charge in [-0.05, 0) is 56.1 Å². The summed E-state index contributed by atoms with van der Waals surface area (Å²) in [6, 6.07) is 14.7. The van der Waals surface area contributed by atoms with Crippen LogP contribution in [0.2, 0.25) is 0 Å². The lowest BCUT2D eigenvalue weighted by Crippen LogP contribution is -2.29. The van der Waals surface area contributed by atoms with Crippen molar-refractivity contribution in [3.8, 4) is 5.75 Å². The van der Waals surface area contributed by atoms with Crippen LogP contribution in [0.3, 0.4) is 0 Å². The van der Waals surface area contributed by atoms with Crippen molar-refractivity contribution >= 4 is 17.9 Å². The van der Waals surface area contributed by atoms with E-state index in [9.17, 15) is 0 Å². The van der Waals surface area contributed by atoms with Crippen molar-refractivity contribution in [2.24, 2.45) is 11.7 Å². The first kappa shape index (κ1) is 19.7. The molecule has 0 unspecified atom stereocenters. The van der Waals surface area contributed by atoms with Crippen molar-refractivity contribution in [2.75, 3.05) is 0 Å². The minimum absolute atomic E-state index is 0. The number of aromatic nitrogens is 2. The molecule has 1 aromatic carbocycles. The molecule has 5 heteroatoms. The maximum atomic E-state index is 6.09. The molecule has 27 heavy (non-hydrogen) atoms. The van der Waals surface area contributed by atoms with Crippen molar-refractivity contribution < 1.29 is 4.74 Å². The molecule has 0 radical (unpaired) electrons. The summed E-state index contributed by atoms with van der Waals surface area (Å²) in [7, 11) is 0. The first-order chi connectivity index (χ1) is 12.7. The predicted octanol–water partition coefficient (Wildman–Crippen LogP) is 4.96. The Kier molecular flexibility index (Phi) is 6.40. The monoisotopic (exact) mass is 385 g/mol. The number of rotatable bonds is 5. The van der Waals surface area contributed by atoms with Crippen LogP contribution < -0.4 is 10.5 Å². The van der Waals surface area contributed by atoms with Crippen molar-refractivity contribution in [1.29, 1.82) is 0 Å². The van der Waals surface area contributed by atoms with E-state index in [0.29, 0.717) is 24.5 Å². The standard InChI is InChI=1S/C22H27N3O.ClH/c1-16(23)18-7-9-19(10-8-18)21-14-24-25-12-11-20(13-22(21)25)26-15-17-5-3-2-4-6-17;/h2-6,11-14,16,18-19H,7-10,15,23H2,1H3;1H/t16-,18-,19-;/m0./s1. The van der Waals surface area contributed by atoms with Crippen molar-refractivity contribution in [3.63, 3.8) is 0 Å². The van der Waals surface area contributed by atoms with E-state index in [1.807, 2.05) is 41.2 Å². The van der Waals surface area contributed by atoms with Crippen LogP contribution >= 0.6 is 12.4 Å². The molecule has 1 atom stereocenters. The molecule has 1 aliphatic rings. The molecule has 0 bridgehead atoms. The number of hydrogen-bond donors (Lipinski definition) is 1. The van der Waals surface area contributed by atoms with Gasteiger partial charge in [0, 0.05) is 23.9 Å². The van der Waals surface area contributed by atoms with E-state index in [2.05, 4.69) is 30.2 Å². The summed E-state index contributed by atoms with van der Waals surface area (Å²) >= 11 is 0. The minimum atomic E-state index is 0. The first-order valence-corrected chi connectivity index (χ1v) is 9.60. The van der Waals surface area contributed by atoms with Gasteiger partial charge in [-0.3, -0.25) is 0 Å². The largest absolute Gasteiger partial charge is 0.489 e. The zero-order valence-electron chi connectivity index (χ0n) is 15.8. The number of pyridine rings is 1. The van der Waals surface area contributed by atoms with Crippen LogP contribution in [0.4, 0.5) is 0 Å². The molecule has 1 saturated carbocycles. The number of ether oxygens (including phenoxy) is 1. The fourth-order valence-electron chi connectivity index (χ4n) is 4.08. The second-order valence-electron chi connectivity index (χ2n) is 7.54. The highest BCUT2D eigenvalue weighted by Gasteiger charge is 2.26. The summed E-state index contributed by atoms with van der Waals surface area (Å²) in [5.41, 5.74) is 9.78. The van der Waals surface area contributed by atoms with Gasteiger partial charge in [0.05, 0.1) is 11.7 Å². The highest BCUT2D eigenvalue weighted by atomic mass is 35.5. The highest BCUT2D eigenvalue weighted by molar-refractivity contribution is 5.85. The normalized spacial score (nSPS) is 20.8. The molecular formula is C22H28ClN3O. The van der Waals surface area contributed by atoms with Crippen LogP contribution in [0.25, 0.3) is 5.52 Å². The molecular weight excluding hydrogens is 358 g/mol. The van der Waals surface area contributed by atoms with Crippen LogP contribution in [-0.2, 0) is 6.61 Å². The second-order valence-corrected chi connectivity index (χ2v) is 7.54. The average molecular weight is 386 g/mol. The Morgan fingerprint density at radius 1 is 1.15 bits per heavy atom. The molecule has 2 aromatic heterocycles. The van der Waals surface area contributed by atoms with E-state index in [1.165, 1.54) is 42.3 Å². The van der Waals surface area contributed by atoms with Gasteiger partial charge in [-0.1, -0.05) is 30.3 Å². The number of benzene rings is 1. The van der Waals surface area contributed by atoms with Gasteiger partial charge < -0.3 is 10.5 Å². The predicted molar refractivity (Wildman–Crippen MR) is 112 cm³/mol. The first-order valence-electron chi connectivity index (χ1n) is 9.60. The molecule has 4 nitrogen and oxygen atoms in total. The third-order valence-corrected chi connectivity index (χ3v) is 5.73. The number of fused-ring (bicyclic) bond motifs is 1. The Morgan fingerprint density at radius 3 is 2.59 bits per heavy atom. The van der Waals surface area contributed by atoms with Crippen LogP contribution in [0, 0.1) is 5.92 Å². The van der Waals surface area contributed by atoms with E-state index < -0.39 is 0 Å². The molecule has 4 rings (SSSR count). The molecule has 2 N–H and O–H groups in total. The zero-order valence-corrected chi connectivity index (χ0v) is 16.6. The summed E-state index contributed by atoms with van der Waals surface area (Å²) in [4.78, 5) is 0. The zero-order chi connectivity index (χ0) is 17.9. The van der Waals surface area contributed by atoms with E-state index in [1.54, 1.807) is 0 Å². The molecule has 0 amide bonds. The Hall–Kier alpha value is -2.04. The molecule has 3 aromatic rings. The maximum absolute atomic E-state index is 6.09. The fraction of sp³-hybridized carbons (Fsp3) is 0.409. The summed E-state index contributed by atoms with van der Waals surface area (Å²) in [5.74, 6) is 2.14. The van der Waals surface area contributed by atoms with Gasteiger partial charge in [-0.15, -0.1) is 12.4 Å². The lowest BCUT2D eigenvalue weighted by Gasteiger charge is -2.30. The van der Waals surface area contributed by atoms with Gasteiger partial charge >= 0.3 is 0 Å². The van der Waals surface area contributed by atoms with E-state index >= 15 is 0 Å². The Bertz CT molecular complexity index is 854. The molecule has 0 aliphatic heterocycles. The number of halogens is 1. The Labute approximate surface area is 167 Å². The van der Waals surface area contributed by atoms with Crippen molar-refractivity contribution in [2.45, 2.75) is 51.2 Å². The summed E-state index contributed by atoms with van der Waals surface area (Å²) in [5, 5.41) is 4.54. The molecule has 0 saturated heterocycles. The lowest BCUT2D eigenvalue weighted by molar-refractivity contribution is 0.292. The van der Waals surface area contributed by atoms with Gasteiger partial charge in [0.2, 0.25) is 0 Å². The molecule has 2 heterocycles. The Morgan fingerprint density at radius 2 is 1.89 bits per heavy atom. The van der Waals surface area contributed by atoms with Gasteiger partial charge in [-0.25, -0.2) is 4.52 Å². The summed E-state index contributed by atoms with van der Waals surface area (Å²) in [6.07, 6.45) is 8.85. The highest BCUT2D eigenvalue weighted by Crippen LogP contribution is 2.38. The van der Waals surface area contributed by atoms with E-state index in [4.69, 9.17) is 10.5 Å². The summed E-state index contributed by atoms with van der Waals surface area (Å²) in [6.45, 7) is 2.72. The van der Waals surface area contributed by atoms with E-state index in [0.717, 1.165) is 5.75 Å². The van der Waals surface area contributed by atoms with Crippen LogP contribution in [-0.4, -0.2) is 15.7 Å². The average Bonchev–Trinajstić information content (AvgIpc) is 3.10. The lowest BCUT2D eigenvalue weighted by atomic mass is 9.77. The number of nitrogens with zero attached hydrogens (tertiary/aromatic N) is 2. The number of nitrogens with two attached hydrogens (primary N) is 1. The Balaban J connectivity index is 0.00000210. The van der Waals surface area contributed by atoms with Gasteiger partial charge in [0.25, 0.3) is 0 Å². The molecule has 144 valence electrons. The quantitative estimate of drug-likeness (QED) is 0.675. The van der Waals surface area contributed by atoms with Crippen LogP contribution in [0.1, 0.15) is 49.7 Å². The third kappa shape index (κ3) is 4.45. The van der Waals surface area contributed by atoms with E-state index in [-0.39, 0.29) is 12.4 Å². The maximum Gasteiger partial charge on any atom is 0.123 e.